The quantitative estimate of drug-likeness (QED) is 0.333. The molecule has 37 heavy (non-hydrogen) atoms. The number of rotatable bonds is 6. The molecule has 0 N–H and O–H groups in total. The third-order valence-corrected chi connectivity index (χ3v) is 7.24. The lowest BCUT2D eigenvalue weighted by atomic mass is 9.96. The fourth-order valence-electron chi connectivity index (χ4n) is 5.19. The van der Waals surface area contributed by atoms with Crippen molar-refractivity contribution in [3.8, 4) is 11.8 Å². The van der Waals surface area contributed by atoms with Gasteiger partial charge in [0.15, 0.2) is 0 Å². The summed E-state index contributed by atoms with van der Waals surface area (Å²) in [6.45, 7) is 7.05. The minimum atomic E-state index is -0.0925. The van der Waals surface area contributed by atoms with E-state index < -0.39 is 0 Å². The smallest absolute Gasteiger partial charge is 0.272 e. The Kier molecular flexibility index (Phi) is 7.20. The highest BCUT2D eigenvalue weighted by Crippen LogP contribution is 2.30. The van der Waals surface area contributed by atoms with E-state index in [1.165, 1.54) is 16.7 Å². The lowest BCUT2D eigenvalue weighted by Gasteiger charge is -2.40. The van der Waals surface area contributed by atoms with E-state index in [1.807, 2.05) is 39.9 Å². The molecular weight excluding hydrogens is 456 g/mol. The Labute approximate surface area is 219 Å². The first-order chi connectivity index (χ1) is 18.1. The maximum Gasteiger partial charge on any atom is 0.272 e. The molecule has 1 saturated heterocycles. The van der Waals surface area contributed by atoms with Gasteiger partial charge in [-0.3, -0.25) is 9.69 Å². The number of carbonyl (C=O) groups excluding carboxylic acids is 1. The minimum absolute atomic E-state index is 0.0925. The Balaban J connectivity index is 1.37. The van der Waals surface area contributed by atoms with Crippen molar-refractivity contribution < 1.29 is 4.79 Å². The van der Waals surface area contributed by atoms with Crippen molar-refractivity contribution in [2.24, 2.45) is 0 Å². The van der Waals surface area contributed by atoms with Crippen LogP contribution >= 0.6 is 0 Å². The van der Waals surface area contributed by atoms with Gasteiger partial charge in [0.1, 0.15) is 11.8 Å². The number of benzene rings is 3. The van der Waals surface area contributed by atoms with Crippen molar-refractivity contribution >= 4 is 5.91 Å². The van der Waals surface area contributed by atoms with Gasteiger partial charge in [0.2, 0.25) is 0 Å². The van der Waals surface area contributed by atoms with Crippen molar-refractivity contribution in [3.63, 3.8) is 0 Å². The van der Waals surface area contributed by atoms with Crippen LogP contribution in [0, 0.1) is 11.3 Å². The summed E-state index contributed by atoms with van der Waals surface area (Å²) in [5.74, 6) is 0.339. The molecule has 0 aliphatic carbocycles. The zero-order valence-electron chi connectivity index (χ0n) is 21.4. The fraction of sp³-hybridized carbons (Fsp3) is 0.250. The van der Waals surface area contributed by atoms with Crippen LogP contribution in [0.4, 0.5) is 0 Å². The summed E-state index contributed by atoms with van der Waals surface area (Å²) < 4.78 is 1.86. The summed E-state index contributed by atoms with van der Waals surface area (Å²) in [6.07, 6.45) is 1.83. The normalized spacial score (nSPS) is 14.2. The van der Waals surface area contributed by atoms with Crippen LogP contribution in [0.5, 0.6) is 0 Å². The highest BCUT2D eigenvalue weighted by atomic mass is 16.2. The molecule has 1 aliphatic heterocycles. The van der Waals surface area contributed by atoms with Crippen LogP contribution in [-0.4, -0.2) is 46.5 Å². The molecule has 5 nitrogen and oxygen atoms in total. The van der Waals surface area contributed by atoms with Crippen molar-refractivity contribution in [2.75, 3.05) is 26.2 Å². The summed E-state index contributed by atoms with van der Waals surface area (Å²) in [5, 5.41) is 9.77. The lowest BCUT2D eigenvalue weighted by Crippen LogP contribution is -2.50. The monoisotopic (exact) mass is 488 g/mol. The number of piperazine rings is 1. The second-order valence-electron chi connectivity index (χ2n) is 9.86. The number of amides is 1. The van der Waals surface area contributed by atoms with Crippen LogP contribution < -0.4 is 0 Å². The Hall–Kier alpha value is -4.14. The Bertz CT molecular complexity index is 1340. The van der Waals surface area contributed by atoms with E-state index in [9.17, 15) is 10.1 Å². The summed E-state index contributed by atoms with van der Waals surface area (Å²) in [5.41, 5.74) is 5.48. The van der Waals surface area contributed by atoms with Crippen LogP contribution in [0.15, 0.2) is 97.2 Å². The van der Waals surface area contributed by atoms with Gasteiger partial charge in [-0.05, 0) is 40.8 Å². The predicted octanol–water partition coefficient (Wildman–Crippen LogP) is 6.02. The van der Waals surface area contributed by atoms with Gasteiger partial charge in [-0.1, -0.05) is 86.6 Å². The number of aromatic nitrogens is 1. The number of nitriles is 1. The van der Waals surface area contributed by atoms with Crippen LogP contribution in [-0.2, 0) is 0 Å². The fourth-order valence-corrected chi connectivity index (χ4v) is 5.19. The van der Waals surface area contributed by atoms with Gasteiger partial charge in [0, 0.05) is 38.1 Å². The van der Waals surface area contributed by atoms with Crippen molar-refractivity contribution in [1.82, 2.24) is 14.4 Å². The summed E-state index contributed by atoms with van der Waals surface area (Å²) in [6, 6.07) is 33.4. The average molecular weight is 489 g/mol. The van der Waals surface area contributed by atoms with Gasteiger partial charge in [-0.2, -0.15) is 5.26 Å². The van der Waals surface area contributed by atoms with E-state index in [-0.39, 0.29) is 11.9 Å². The topological polar surface area (TPSA) is 52.3 Å². The summed E-state index contributed by atoms with van der Waals surface area (Å²) in [7, 11) is 0. The highest BCUT2D eigenvalue weighted by Gasteiger charge is 2.30. The molecule has 2 heterocycles. The molecule has 0 atom stereocenters. The molecule has 186 valence electrons. The first-order valence-corrected chi connectivity index (χ1v) is 12.9. The van der Waals surface area contributed by atoms with E-state index in [0.717, 1.165) is 18.8 Å². The van der Waals surface area contributed by atoms with Crippen molar-refractivity contribution in [1.29, 1.82) is 5.26 Å². The van der Waals surface area contributed by atoms with Crippen LogP contribution in [0.1, 0.15) is 58.5 Å². The Morgan fingerprint density at radius 3 is 1.84 bits per heavy atom. The lowest BCUT2D eigenvalue weighted by molar-refractivity contribution is 0.0589. The first kappa shape index (κ1) is 24.5. The molecule has 0 spiro atoms. The molecule has 5 heteroatoms. The molecule has 1 aromatic heterocycles. The maximum atomic E-state index is 13.8. The molecule has 1 fully saturated rings. The number of hydrogen-bond acceptors (Lipinski definition) is 3. The Morgan fingerprint density at radius 1 is 0.757 bits per heavy atom. The zero-order valence-corrected chi connectivity index (χ0v) is 21.4. The van der Waals surface area contributed by atoms with Gasteiger partial charge >= 0.3 is 0 Å². The molecule has 4 aromatic rings. The highest BCUT2D eigenvalue weighted by molar-refractivity contribution is 5.96. The van der Waals surface area contributed by atoms with Crippen LogP contribution in [0.3, 0.4) is 0 Å². The predicted molar refractivity (Wildman–Crippen MR) is 147 cm³/mol. The minimum Gasteiger partial charge on any atom is -0.335 e. The van der Waals surface area contributed by atoms with E-state index in [2.05, 4.69) is 85.5 Å². The van der Waals surface area contributed by atoms with Gasteiger partial charge in [-0.15, -0.1) is 0 Å². The first-order valence-electron chi connectivity index (χ1n) is 12.9. The largest absolute Gasteiger partial charge is 0.335 e. The third-order valence-electron chi connectivity index (χ3n) is 7.24. The van der Waals surface area contributed by atoms with E-state index >= 15 is 0 Å². The molecule has 5 rings (SSSR count). The van der Waals surface area contributed by atoms with Gasteiger partial charge in [-0.25, -0.2) is 0 Å². The molecule has 0 bridgehead atoms. The SMILES string of the molecule is CC(C)c1ccc(-n2ccc(C#N)c2C(=O)N2CCN(C(c3ccccc3)c3ccccc3)CC2)cc1. The maximum absolute atomic E-state index is 13.8. The molecule has 0 unspecified atom stereocenters. The van der Waals surface area contributed by atoms with E-state index in [4.69, 9.17) is 0 Å². The molecule has 1 aliphatic rings. The van der Waals surface area contributed by atoms with Crippen molar-refractivity contribution in [3.05, 3.63) is 125 Å². The molecular formula is C32H32N4O. The standard InChI is InChI=1S/C32H32N4O/c1-24(2)25-13-15-29(16-14-25)36-18-17-28(23-33)31(36)32(37)35-21-19-34(20-22-35)30(26-9-5-3-6-10-26)27-11-7-4-8-12-27/h3-18,24,30H,19-22H2,1-2H3. The van der Waals surface area contributed by atoms with Crippen LogP contribution in [0.25, 0.3) is 5.69 Å². The van der Waals surface area contributed by atoms with E-state index in [1.54, 1.807) is 6.07 Å². The molecule has 3 aromatic carbocycles. The van der Waals surface area contributed by atoms with Gasteiger partial charge in [0.25, 0.3) is 5.91 Å². The second-order valence-corrected chi connectivity index (χ2v) is 9.86. The summed E-state index contributed by atoms with van der Waals surface area (Å²) in [4.78, 5) is 18.1. The second kappa shape index (κ2) is 10.9. The zero-order chi connectivity index (χ0) is 25.8. The third kappa shape index (κ3) is 5.07. The Morgan fingerprint density at radius 2 is 1.32 bits per heavy atom. The number of carbonyl (C=O) groups is 1. The van der Waals surface area contributed by atoms with Crippen molar-refractivity contribution in [2.45, 2.75) is 25.8 Å². The number of hydrogen-bond donors (Lipinski definition) is 0. The molecule has 0 saturated carbocycles. The summed E-state index contributed by atoms with van der Waals surface area (Å²) >= 11 is 0. The van der Waals surface area contributed by atoms with Crippen LogP contribution in [0.2, 0.25) is 0 Å². The van der Waals surface area contributed by atoms with Gasteiger partial charge < -0.3 is 9.47 Å². The molecule has 0 radical (unpaired) electrons. The average Bonchev–Trinajstić information content (AvgIpc) is 3.39. The van der Waals surface area contributed by atoms with E-state index in [0.29, 0.717) is 30.3 Å². The van der Waals surface area contributed by atoms with Gasteiger partial charge in [0.05, 0.1) is 11.6 Å². The molecule has 1 amide bonds. The number of nitrogens with zero attached hydrogens (tertiary/aromatic N) is 4.